The predicted octanol–water partition coefficient (Wildman–Crippen LogP) is 0.797. The number of piperazine rings is 1. The number of carbonyl (C=O) groups is 2. The van der Waals surface area contributed by atoms with Gasteiger partial charge in [-0.2, -0.15) is 4.98 Å². The molecule has 0 unspecified atom stereocenters. The molecule has 152 valence electrons. The summed E-state index contributed by atoms with van der Waals surface area (Å²) in [5.41, 5.74) is 1.23. The molecule has 0 bridgehead atoms. The number of thiophene rings is 1. The van der Waals surface area contributed by atoms with E-state index in [0.29, 0.717) is 38.5 Å². The molecule has 0 aliphatic carbocycles. The number of morpholine rings is 1. The summed E-state index contributed by atoms with van der Waals surface area (Å²) in [7, 11) is 0. The van der Waals surface area contributed by atoms with E-state index < -0.39 is 0 Å². The lowest BCUT2D eigenvalue weighted by atomic mass is 10.2. The van der Waals surface area contributed by atoms with Crippen LogP contribution in [0.4, 0.5) is 5.82 Å². The van der Waals surface area contributed by atoms with Crippen molar-refractivity contribution in [3.8, 4) is 0 Å². The van der Waals surface area contributed by atoms with Gasteiger partial charge in [0.25, 0.3) is 5.91 Å². The topological polar surface area (TPSA) is 90.9 Å². The number of amides is 2. The van der Waals surface area contributed by atoms with Gasteiger partial charge in [-0.3, -0.25) is 9.59 Å². The average Bonchev–Trinajstić information content (AvgIpc) is 3.13. The van der Waals surface area contributed by atoms with Crippen LogP contribution in [0.1, 0.15) is 4.88 Å². The molecule has 1 N–H and O–H groups in total. The highest BCUT2D eigenvalue weighted by Gasteiger charge is 2.32. The number of aromatic nitrogens is 2. The fourth-order valence-corrected chi connectivity index (χ4v) is 5.08. The van der Waals surface area contributed by atoms with Crippen LogP contribution in [0, 0.1) is 0 Å². The second-order valence-electron chi connectivity index (χ2n) is 7.06. The molecule has 2 aromatic heterocycles. The molecule has 0 saturated carbocycles. The Hall–Kier alpha value is -2.43. The molecule has 11 heteroatoms. The van der Waals surface area contributed by atoms with Crippen molar-refractivity contribution in [2.24, 2.45) is 0 Å². The number of carbonyl (C=O) groups excluding carboxylic acids is 2. The van der Waals surface area contributed by atoms with Gasteiger partial charge in [0.15, 0.2) is 5.82 Å². The maximum Gasteiger partial charge on any atom is 0.269 e. The second kappa shape index (κ2) is 7.43. The smallest absolute Gasteiger partial charge is 0.269 e. The highest BCUT2D eigenvalue weighted by molar-refractivity contribution is 7.19. The van der Waals surface area contributed by atoms with Crippen LogP contribution >= 0.6 is 22.9 Å². The molecule has 29 heavy (non-hydrogen) atoms. The van der Waals surface area contributed by atoms with Crippen molar-refractivity contribution in [1.29, 1.82) is 0 Å². The van der Waals surface area contributed by atoms with E-state index in [2.05, 4.69) is 25.1 Å². The second-order valence-corrected chi connectivity index (χ2v) is 8.53. The monoisotopic (exact) mass is 434 g/mol. The van der Waals surface area contributed by atoms with Gasteiger partial charge in [-0.05, 0) is 17.7 Å². The molecule has 2 fully saturated rings. The zero-order valence-electron chi connectivity index (χ0n) is 15.6. The number of nitrogens with one attached hydrogen (secondary N) is 1. The quantitative estimate of drug-likeness (QED) is 0.714. The minimum Gasteiger partial charge on any atom is -0.378 e. The fraction of sp³-hybridized carbons (Fsp3) is 0.444. The van der Waals surface area contributed by atoms with Crippen molar-refractivity contribution in [2.45, 2.75) is 6.54 Å². The largest absolute Gasteiger partial charge is 0.378 e. The molecule has 3 aliphatic heterocycles. The van der Waals surface area contributed by atoms with Crippen LogP contribution < -0.4 is 10.2 Å². The van der Waals surface area contributed by atoms with E-state index in [1.54, 1.807) is 22.4 Å². The standard InChI is InChI=1S/C18H19ClN6O3S/c19-18-21-12-7-11(29-15(12)16(22-18)24-3-5-28-6-4-24)9-23-1-2-25-13(10-23)17(27)20-8-14(25)26/h7,10H,1-6,8-9H2,(H,20,27). The maximum atomic E-state index is 12.1. The molecule has 0 spiro atoms. The number of nitrogens with zero attached hydrogens (tertiary/aromatic N) is 5. The van der Waals surface area contributed by atoms with Crippen molar-refractivity contribution in [2.75, 3.05) is 50.8 Å². The van der Waals surface area contributed by atoms with E-state index in [9.17, 15) is 9.59 Å². The molecule has 5 heterocycles. The first kappa shape index (κ1) is 18.6. The minimum atomic E-state index is -0.210. The van der Waals surface area contributed by atoms with E-state index in [1.807, 2.05) is 6.07 Å². The van der Waals surface area contributed by atoms with Crippen LogP contribution in [0.5, 0.6) is 0 Å². The summed E-state index contributed by atoms with van der Waals surface area (Å²) in [5.74, 6) is 0.565. The summed E-state index contributed by atoms with van der Waals surface area (Å²) in [4.78, 5) is 39.9. The Morgan fingerprint density at radius 1 is 1.17 bits per heavy atom. The van der Waals surface area contributed by atoms with Crippen LogP contribution in [0.3, 0.4) is 0 Å². The van der Waals surface area contributed by atoms with Crippen molar-refractivity contribution in [3.63, 3.8) is 0 Å². The number of fused-ring (bicyclic) bond motifs is 2. The molecule has 3 aliphatic rings. The lowest BCUT2D eigenvalue weighted by Gasteiger charge is -2.36. The van der Waals surface area contributed by atoms with Crippen molar-refractivity contribution < 1.29 is 14.3 Å². The Kier molecular flexibility index (Phi) is 4.76. The third-order valence-electron chi connectivity index (χ3n) is 5.19. The summed E-state index contributed by atoms with van der Waals surface area (Å²) < 4.78 is 6.44. The van der Waals surface area contributed by atoms with Crippen molar-refractivity contribution in [1.82, 2.24) is 25.1 Å². The zero-order valence-corrected chi connectivity index (χ0v) is 17.1. The maximum absolute atomic E-state index is 12.1. The molecule has 9 nitrogen and oxygen atoms in total. The Morgan fingerprint density at radius 2 is 2.00 bits per heavy atom. The van der Waals surface area contributed by atoms with Gasteiger partial charge >= 0.3 is 0 Å². The Balaban J connectivity index is 1.43. The number of halogens is 1. The molecular weight excluding hydrogens is 416 g/mol. The highest BCUT2D eigenvalue weighted by atomic mass is 35.5. The molecule has 5 rings (SSSR count). The molecule has 0 atom stereocenters. The van der Waals surface area contributed by atoms with E-state index in [1.165, 1.54) is 0 Å². The van der Waals surface area contributed by atoms with Crippen LogP contribution in [0.2, 0.25) is 5.28 Å². The lowest BCUT2D eigenvalue weighted by molar-refractivity contribution is -0.137. The normalized spacial score (nSPS) is 20.0. The highest BCUT2D eigenvalue weighted by Crippen LogP contribution is 2.34. The van der Waals surface area contributed by atoms with Gasteiger partial charge in [0.05, 0.1) is 36.5 Å². The first-order valence-electron chi connectivity index (χ1n) is 9.41. The Labute approximate surface area is 175 Å². The van der Waals surface area contributed by atoms with Crippen LogP contribution in [-0.2, 0) is 20.9 Å². The fourth-order valence-electron chi connectivity index (χ4n) is 3.77. The van der Waals surface area contributed by atoms with Gasteiger partial charge in [-0.1, -0.05) is 0 Å². The Bertz CT molecular complexity index is 1020. The number of rotatable bonds is 3. The van der Waals surface area contributed by atoms with Crippen molar-refractivity contribution in [3.05, 3.63) is 28.1 Å². The molecule has 0 aromatic carbocycles. The molecule has 2 saturated heterocycles. The van der Waals surface area contributed by atoms with E-state index in [-0.39, 0.29) is 23.6 Å². The van der Waals surface area contributed by atoms with E-state index in [0.717, 1.165) is 34.0 Å². The molecule has 2 aromatic rings. The number of anilines is 1. The SMILES string of the molecule is O=C1NCC(=O)N2CCN(Cc3cc4nc(Cl)nc(N5CCOCC5)c4s3)C=C12. The minimum absolute atomic E-state index is 0.0657. The zero-order chi connectivity index (χ0) is 20.0. The van der Waals surface area contributed by atoms with Crippen LogP contribution in [0.25, 0.3) is 10.2 Å². The van der Waals surface area contributed by atoms with Gasteiger partial charge < -0.3 is 24.8 Å². The summed E-state index contributed by atoms with van der Waals surface area (Å²) >= 11 is 7.81. The first-order valence-corrected chi connectivity index (χ1v) is 10.6. The van der Waals surface area contributed by atoms with E-state index >= 15 is 0 Å². The van der Waals surface area contributed by atoms with Gasteiger partial charge in [0.1, 0.15) is 5.70 Å². The van der Waals surface area contributed by atoms with Crippen molar-refractivity contribution >= 4 is 50.8 Å². The number of hydrogen-bond donors (Lipinski definition) is 1. The van der Waals surface area contributed by atoms with Gasteiger partial charge in [-0.25, -0.2) is 4.98 Å². The number of ether oxygens (including phenoxy) is 1. The average molecular weight is 435 g/mol. The van der Waals surface area contributed by atoms with E-state index in [4.69, 9.17) is 16.3 Å². The molecule has 2 amide bonds. The summed E-state index contributed by atoms with van der Waals surface area (Å²) in [5, 5.41) is 2.85. The summed E-state index contributed by atoms with van der Waals surface area (Å²) in [6.07, 6.45) is 1.77. The van der Waals surface area contributed by atoms with Gasteiger partial charge in [-0.15, -0.1) is 11.3 Å². The van der Waals surface area contributed by atoms with Gasteiger partial charge in [0.2, 0.25) is 11.2 Å². The first-order chi connectivity index (χ1) is 14.1. The third kappa shape index (κ3) is 3.52. The number of hydrogen-bond acceptors (Lipinski definition) is 8. The lowest BCUT2D eigenvalue weighted by Crippen LogP contribution is -2.54. The summed E-state index contributed by atoms with van der Waals surface area (Å²) in [6.45, 7) is 4.74. The van der Waals surface area contributed by atoms with Gasteiger partial charge in [0, 0.05) is 37.3 Å². The van der Waals surface area contributed by atoms with Crippen LogP contribution in [-0.4, -0.2) is 77.5 Å². The predicted molar refractivity (Wildman–Crippen MR) is 109 cm³/mol. The molecule has 0 radical (unpaired) electrons. The Morgan fingerprint density at radius 3 is 2.83 bits per heavy atom. The third-order valence-corrected chi connectivity index (χ3v) is 6.46. The summed E-state index contributed by atoms with van der Waals surface area (Å²) in [6, 6.07) is 2.02. The van der Waals surface area contributed by atoms with Crippen LogP contribution in [0.15, 0.2) is 18.0 Å². The molecular formula is C18H19ClN6O3S.